The number of rotatable bonds is 5. The summed E-state index contributed by atoms with van der Waals surface area (Å²) in [6.45, 7) is 1.60. The third-order valence-corrected chi connectivity index (χ3v) is 8.79. The molecular weight excluding hydrogens is 566 g/mol. The quantitative estimate of drug-likeness (QED) is 0.208. The normalized spacial score (nSPS) is 14.3. The smallest absolute Gasteiger partial charge is 0.160 e. The molecule has 0 bridgehead atoms. The molecule has 0 radical (unpaired) electrons. The Morgan fingerprint density at radius 3 is 2.24 bits per heavy atom. The number of benzene rings is 4. The van der Waals surface area contributed by atoms with Crippen LogP contribution in [0.15, 0.2) is 144 Å². The van der Waals surface area contributed by atoms with E-state index in [2.05, 4.69) is 131 Å². The molecule has 0 fully saturated rings. The van der Waals surface area contributed by atoms with Crippen LogP contribution in [-0.2, 0) is 0 Å². The van der Waals surface area contributed by atoms with Crippen LogP contribution in [-0.4, -0.2) is 27.6 Å². The number of dihydropyridines is 2. The number of nitrogens with one attached hydrogen (secondary N) is 2. The summed E-state index contributed by atoms with van der Waals surface area (Å²) in [5, 5.41) is 9.85. The summed E-state index contributed by atoms with van der Waals surface area (Å²) >= 11 is 0. The zero-order chi connectivity index (χ0) is 30.5. The molecule has 46 heavy (non-hydrogen) atoms. The lowest BCUT2D eigenvalue weighted by Gasteiger charge is -2.14. The average molecular weight is 596 g/mol. The number of furan rings is 1. The molecular formula is C40H29N5O. The monoisotopic (exact) mass is 595 g/mol. The molecule has 220 valence electrons. The van der Waals surface area contributed by atoms with Crippen LogP contribution in [0.25, 0.3) is 72.3 Å². The van der Waals surface area contributed by atoms with Gasteiger partial charge in [-0.05, 0) is 83.7 Å². The Bertz CT molecular complexity index is 2420. The van der Waals surface area contributed by atoms with Gasteiger partial charge in [0.1, 0.15) is 5.58 Å². The lowest BCUT2D eigenvalue weighted by Crippen LogP contribution is -2.09. The Morgan fingerprint density at radius 2 is 1.41 bits per heavy atom. The third kappa shape index (κ3) is 4.42. The minimum atomic E-state index is 0.685. The van der Waals surface area contributed by atoms with Crippen molar-refractivity contribution in [1.82, 2.24) is 25.2 Å². The van der Waals surface area contributed by atoms with Gasteiger partial charge in [0.05, 0.1) is 34.1 Å². The molecule has 0 amide bonds. The van der Waals surface area contributed by atoms with Crippen molar-refractivity contribution in [3.8, 4) is 28.3 Å². The Morgan fingerprint density at radius 1 is 0.630 bits per heavy atom. The maximum atomic E-state index is 5.99. The van der Waals surface area contributed by atoms with Crippen molar-refractivity contribution >= 4 is 43.9 Å². The summed E-state index contributed by atoms with van der Waals surface area (Å²) in [5.74, 6) is 0.685. The van der Waals surface area contributed by atoms with Crippen LogP contribution in [0.3, 0.4) is 0 Å². The highest BCUT2D eigenvalue weighted by atomic mass is 16.3. The number of allylic oxidation sites excluding steroid dienone is 4. The molecule has 0 unspecified atom stereocenters. The van der Waals surface area contributed by atoms with Crippen molar-refractivity contribution in [1.29, 1.82) is 0 Å². The van der Waals surface area contributed by atoms with Crippen molar-refractivity contribution in [2.75, 3.05) is 13.1 Å². The second kappa shape index (κ2) is 10.8. The molecule has 2 N–H and O–H groups in total. The first-order valence-electron chi connectivity index (χ1n) is 15.5. The molecule has 6 nitrogen and oxygen atoms in total. The van der Waals surface area contributed by atoms with Gasteiger partial charge in [-0.25, -0.2) is 9.97 Å². The maximum absolute atomic E-state index is 5.99. The molecule has 0 aliphatic carbocycles. The zero-order valence-corrected chi connectivity index (χ0v) is 24.9. The molecule has 2 aliphatic rings. The van der Waals surface area contributed by atoms with Gasteiger partial charge in [-0.15, -0.1) is 0 Å². The Kier molecular flexibility index (Phi) is 6.16. The Balaban J connectivity index is 1.19. The van der Waals surface area contributed by atoms with Gasteiger partial charge >= 0.3 is 0 Å². The molecule has 0 saturated carbocycles. The number of nitrogens with zero attached hydrogens (tertiary/aromatic N) is 3. The molecule has 2 aliphatic heterocycles. The van der Waals surface area contributed by atoms with Gasteiger partial charge in [0, 0.05) is 40.7 Å². The van der Waals surface area contributed by atoms with Gasteiger partial charge in [-0.2, -0.15) is 0 Å². The van der Waals surface area contributed by atoms with Crippen LogP contribution in [0.1, 0.15) is 11.3 Å². The molecule has 9 rings (SSSR count). The number of hydrogen-bond acceptors (Lipinski definition) is 5. The van der Waals surface area contributed by atoms with Crippen molar-refractivity contribution in [3.63, 3.8) is 0 Å². The van der Waals surface area contributed by atoms with E-state index >= 15 is 0 Å². The summed E-state index contributed by atoms with van der Waals surface area (Å²) in [7, 11) is 0. The largest absolute Gasteiger partial charge is 0.464 e. The van der Waals surface area contributed by atoms with Gasteiger partial charge in [0.2, 0.25) is 0 Å². The van der Waals surface area contributed by atoms with Crippen molar-refractivity contribution in [2.45, 2.75) is 0 Å². The topological polar surface area (TPSA) is 67.9 Å². The van der Waals surface area contributed by atoms with Crippen molar-refractivity contribution in [3.05, 3.63) is 151 Å². The molecule has 3 aromatic heterocycles. The summed E-state index contributed by atoms with van der Waals surface area (Å²) in [5.41, 5.74) is 11.4. The summed E-state index contributed by atoms with van der Waals surface area (Å²) in [4.78, 5) is 10.3. The van der Waals surface area contributed by atoms with E-state index in [1.165, 1.54) is 11.1 Å². The second-order valence-corrected chi connectivity index (χ2v) is 11.5. The SMILES string of the molecule is C1=CC(c2ccc(-c3cc(C4=CCNC=C4)nc(-c4cccc(-n5c6ccccc6c6c7occc7ccc65)c4)n3)cc2)=CCN1. The fourth-order valence-electron chi connectivity index (χ4n) is 6.56. The number of aromatic nitrogens is 3. The molecule has 4 aromatic carbocycles. The number of fused-ring (bicyclic) bond motifs is 5. The van der Waals surface area contributed by atoms with Crippen LogP contribution in [0.2, 0.25) is 0 Å². The number of hydrogen-bond donors (Lipinski definition) is 2. The Labute approximate surface area is 265 Å². The minimum Gasteiger partial charge on any atom is -0.464 e. The van der Waals surface area contributed by atoms with E-state index in [4.69, 9.17) is 14.4 Å². The first-order chi connectivity index (χ1) is 22.8. The molecule has 0 atom stereocenters. The van der Waals surface area contributed by atoms with E-state index in [1.807, 2.05) is 18.5 Å². The summed E-state index contributed by atoms with van der Waals surface area (Å²) in [6.07, 6.45) is 14.3. The molecule has 0 saturated heterocycles. The molecule has 7 aromatic rings. The number of para-hydroxylation sites is 1. The standard InChI is InChI=1S/C40H29N5O/c1-2-7-36-33(6-1)38-37(13-12-30-18-23-46-39(30)38)45(36)32-5-3-4-31(24-32)40-43-34(25-35(44-40)29-16-21-42-22-17-29)28-10-8-26(9-11-28)27-14-19-41-20-15-27/h1-19,21,23-25,41-42H,20,22H2. The first kappa shape index (κ1) is 26.3. The van der Waals surface area contributed by atoms with E-state index in [1.54, 1.807) is 6.26 Å². The lowest BCUT2D eigenvalue weighted by molar-refractivity contribution is 0.619. The predicted molar refractivity (Wildman–Crippen MR) is 187 cm³/mol. The van der Waals surface area contributed by atoms with E-state index in [-0.39, 0.29) is 0 Å². The molecule has 0 spiro atoms. The maximum Gasteiger partial charge on any atom is 0.160 e. The highest BCUT2D eigenvalue weighted by Crippen LogP contribution is 2.38. The molecule has 6 heteroatoms. The van der Waals surface area contributed by atoms with Gasteiger partial charge in [0.25, 0.3) is 0 Å². The van der Waals surface area contributed by atoms with Gasteiger partial charge in [0.15, 0.2) is 5.82 Å². The lowest BCUT2D eigenvalue weighted by atomic mass is 10.0. The zero-order valence-electron chi connectivity index (χ0n) is 24.9. The van der Waals surface area contributed by atoms with Crippen LogP contribution < -0.4 is 10.6 Å². The highest BCUT2D eigenvalue weighted by molar-refractivity contribution is 6.19. The highest BCUT2D eigenvalue weighted by Gasteiger charge is 2.18. The fourth-order valence-corrected chi connectivity index (χ4v) is 6.56. The first-order valence-corrected chi connectivity index (χ1v) is 15.5. The Hall–Kier alpha value is -6.14. The predicted octanol–water partition coefficient (Wildman–Crippen LogP) is 8.65. The van der Waals surface area contributed by atoms with E-state index in [9.17, 15) is 0 Å². The van der Waals surface area contributed by atoms with Crippen LogP contribution in [0, 0.1) is 0 Å². The molecule has 5 heterocycles. The van der Waals surface area contributed by atoms with Gasteiger partial charge < -0.3 is 19.6 Å². The van der Waals surface area contributed by atoms with Gasteiger partial charge in [-0.3, -0.25) is 0 Å². The minimum absolute atomic E-state index is 0.685. The van der Waals surface area contributed by atoms with Crippen LogP contribution in [0.4, 0.5) is 0 Å². The van der Waals surface area contributed by atoms with E-state index in [0.29, 0.717) is 5.82 Å². The van der Waals surface area contributed by atoms with Crippen molar-refractivity contribution in [2.24, 2.45) is 0 Å². The third-order valence-electron chi connectivity index (χ3n) is 8.79. The second-order valence-electron chi connectivity index (χ2n) is 11.5. The average Bonchev–Trinajstić information content (AvgIpc) is 3.75. The van der Waals surface area contributed by atoms with Crippen LogP contribution >= 0.6 is 0 Å². The van der Waals surface area contributed by atoms with Crippen LogP contribution in [0.5, 0.6) is 0 Å². The van der Waals surface area contributed by atoms with Gasteiger partial charge in [-0.1, -0.05) is 66.7 Å². The van der Waals surface area contributed by atoms with E-state index in [0.717, 1.165) is 79.6 Å². The summed E-state index contributed by atoms with van der Waals surface area (Å²) < 4.78 is 8.30. The summed E-state index contributed by atoms with van der Waals surface area (Å²) in [6, 6.07) is 34.1. The van der Waals surface area contributed by atoms with Crippen molar-refractivity contribution < 1.29 is 4.42 Å². The van der Waals surface area contributed by atoms with E-state index < -0.39 is 0 Å². The fraction of sp³-hybridized carbons (Fsp3) is 0.0500.